The van der Waals surface area contributed by atoms with E-state index in [1.165, 1.54) is 12.8 Å². The second-order valence-corrected chi connectivity index (χ2v) is 10.1. The average Bonchev–Trinajstić information content (AvgIpc) is 3.18. The van der Waals surface area contributed by atoms with Crippen LogP contribution in [0.4, 0.5) is 0 Å². The van der Waals surface area contributed by atoms with Crippen molar-refractivity contribution in [2.75, 3.05) is 39.4 Å². The number of esters is 1. The van der Waals surface area contributed by atoms with Crippen LogP contribution in [0.5, 0.6) is 0 Å². The van der Waals surface area contributed by atoms with Gasteiger partial charge in [-0.25, -0.2) is 0 Å². The van der Waals surface area contributed by atoms with E-state index in [0.717, 1.165) is 51.4 Å². The van der Waals surface area contributed by atoms with E-state index in [9.17, 15) is 14.7 Å². The van der Waals surface area contributed by atoms with E-state index in [0.29, 0.717) is 39.2 Å². The van der Waals surface area contributed by atoms with Crippen molar-refractivity contribution in [3.05, 3.63) is 0 Å². The van der Waals surface area contributed by atoms with Crippen molar-refractivity contribution in [2.45, 2.75) is 96.2 Å². The van der Waals surface area contributed by atoms with Crippen LogP contribution in [-0.2, 0) is 19.1 Å². The third-order valence-electron chi connectivity index (χ3n) is 7.96. The van der Waals surface area contributed by atoms with Crippen molar-refractivity contribution in [3.8, 4) is 0 Å². The van der Waals surface area contributed by atoms with E-state index < -0.39 is 11.0 Å². The molecular weight excluding hydrogens is 408 g/mol. The highest BCUT2D eigenvalue weighted by Crippen LogP contribution is 2.51. The summed E-state index contributed by atoms with van der Waals surface area (Å²) in [6.45, 7) is 7.01. The summed E-state index contributed by atoms with van der Waals surface area (Å²) in [5.74, 6) is -0.218. The number of carbonyl (C=O) groups is 2. The van der Waals surface area contributed by atoms with Crippen molar-refractivity contribution in [3.63, 3.8) is 0 Å². The molecule has 0 aromatic rings. The number of β-amino-alcohol motifs (C(OH)–C–C–N with tert-alkyl or cyclic N) is 1. The molecule has 2 aliphatic heterocycles. The van der Waals surface area contributed by atoms with E-state index in [4.69, 9.17) is 9.47 Å². The van der Waals surface area contributed by atoms with Gasteiger partial charge in [-0.05, 0) is 45.1 Å². The molecule has 0 bridgehead atoms. The second-order valence-electron chi connectivity index (χ2n) is 10.1. The number of hydrogen-bond acceptors (Lipinski definition) is 6. The van der Waals surface area contributed by atoms with Gasteiger partial charge in [0.1, 0.15) is 12.7 Å². The van der Waals surface area contributed by atoms with Crippen LogP contribution in [0.2, 0.25) is 0 Å². The molecule has 2 saturated heterocycles. The Labute approximate surface area is 193 Å². The number of amides is 1. The molecule has 1 spiro atoms. The van der Waals surface area contributed by atoms with Crippen molar-refractivity contribution in [1.82, 2.24) is 10.2 Å². The highest BCUT2D eigenvalue weighted by molar-refractivity contribution is 5.78. The molecule has 3 aliphatic rings. The number of piperidine rings is 1. The lowest BCUT2D eigenvalue weighted by atomic mass is 9.65. The van der Waals surface area contributed by atoms with E-state index in [2.05, 4.69) is 19.2 Å². The highest BCUT2D eigenvalue weighted by atomic mass is 16.5. The van der Waals surface area contributed by atoms with Gasteiger partial charge in [-0.15, -0.1) is 0 Å². The van der Waals surface area contributed by atoms with Crippen molar-refractivity contribution in [2.24, 2.45) is 11.3 Å². The SMILES string of the molecule is CCCCCCC(CCC)C(=O)OC1CCCC12CNCCC2(O)CN1CCOCC1=O. The number of nitrogens with one attached hydrogen (secondary N) is 1. The summed E-state index contributed by atoms with van der Waals surface area (Å²) in [6.07, 6.45) is 10.1. The summed E-state index contributed by atoms with van der Waals surface area (Å²) in [4.78, 5) is 27.3. The maximum absolute atomic E-state index is 13.2. The fraction of sp³-hybridized carbons (Fsp3) is 0.920. The molecule has 7 heteroatoms. The minimum atomic E-state index is -1.06. The van der Waals surface area contributed by atoms with Gasteiger partial charge in [-0.1, -0.05) is 46.0 Å². The summed E-state index contributed by atoms with van der Waals surface area (Å²) in [5.41, 5.74) is -1.60. The number of ether oxygens (including phenoxy) is 2. The number of unbranched alkanes of at least 4 members (excludes halogenated alkanes) is 3. The van der Waals surface area contributed by atoms with Crippen LogP contribution in [0.1, 0.15) is 84.5 Å². The van der Waals surface area contributed by atoms with Gasteiger partial charge < -0.3 is 24.8 Å². The molecule has 4 unspecified atom stereocenters. The number of aliphatic hydroxyl groups is 1. The Kier molecular flexibility index (Phi) is 9.38. The molecule has 3 fully saturated rings. The zero-order chi connectivity index (χ0) is 23.0. The van der Waals surface area contributed by atoms with E-state index in [1.807, 2.05) is 0 Å². The van der Waals surface area contributed by atoms with Crippen LogP contribution in [0.3, 0.4) is 0 Å². The largest absolute Gasteiger partial charge is 0.461 e. The van der Waals surface area contributed by atoms with Crippen LogP contribution < -0.4 is 5.32 Å². The summed E-state index contributed by atoms with van der Waals surface area (Å²) >= 11 is 0. The molecule has 0 radical (unpaired) electrons. The molecule has 7 nitrogen and oxygen atoms in total. The van der Waals surface area contributed by atoms with Crippen molar-refractivity contribution in [1.29, 1.82) is 0 Å². The number of carbonyl (C=O) groups excluding carboxylic acids is 2. The zero-order valence-electron chi connectivity index (χ0n) is 20.2. The Morgan fingerprint density at radius 1 is 1.25 bits per heavy atom. The summed E-state index contributed by atoms with van der Waals surface area (Å²) in [7, 11) is 0. The van der Waals surface area contributed by atoms with Gasteiger partial charge >= 0.3 is 5.97 Å². The van der Waals surface area contributed by atoms with Crippen LogP contribution >= 0.6 is 0 Å². The number of hydrogen-bond donors (Lipinski definition) is 2. The van der Waals surface area contributed by atoms with Gasteiger partial charge in [-0.3, -0.25) is 9.59 Å². The van der Waals surface area contributed by atoms with Gasteiger partial charge in [0.25, 0.3) is 0 Å². The fourth-order valence-electron chi connectivity index (χ4n) is 6.02. The van der Waals surface area contributed by atoms with Crippen molar-refractivity contribution >= 4 is 11.9 Å². The predicted octanol–water partition coefficient (Wildman–Crippen LogP) is 3.04. The molecule has 3 rings (SSSR count). The van der Waals surface area contributed by atoms with E-state index in [1.54, 1.807) is 4.90 Å². The molecule has 1 saturated carbocycles. The zero-order valence-corrected chi connectivity index (χ0v) is 20.2. The lowest BCUT2D eigenvalue weighted by Crippen LogP contribution is -2.67. The molecule has 0 aromatic heterocycles. The molecule has 32 heavy (non-hydrogen) atoms. The summed E-state index contributed by atoms with van der Waals surface area (Å²) < 4.78 is 11.5. The van der Waals surface area contributed by atoms with E-state index in [-0.39, 0.29) is 30.5 Å². The standard InChI is InChI=1S/C25H44N2O5/c1-3-5-6-7-10-20(9-4-2)23(29)32-21-11-8-12-24(21)18-26-14-13-25(24,30)19-27-15-16-31-17-22(27)28/h20-21,26,30H,3-19H2,1-2H3. The van der Waals surface area contributed by atoms with Crippen LogP contribution in [0.25, 0.3) is 0 Å². The molecule has 184 valence electrons. The fourth-order valence-corrected chi connectivity index (χ4v) is 6.02. The smallest absolute Gasteiger partial charge is 0.309 e. The normalized spacial score (nSPS) is 31.8. The van der Waals surface area contributed by atoms with Crippen LogP contribution in [-0.4, -0.2) is 73.0 Å². The van der Waals surface area contributed by atoms with Gasteiger partial charge in [0, 0.05) is 13.1 Å². The molecule has 1 aliphatic carbocycles. The highest BCUT2D eigenvalue weighted by Gasteiger charge is 2.60. The maximum atomic E-state index is 13.2. The minimum absolute atomic E-state index is 0.0556. The third kappa shape index (κ3) is 5.65. The number of nitrogens with zero attached hydrogens (tertiary/aromatic N) is 1. The number of morpholine rings is 1. The van der Waals surface area contributed by atoms with Gasteiger partial charge in [-0.2, -0.15) is 0 Å². The Morgan fingerprint density at radius 2 is 2.09 bits per heavy atom. The molecule has 4 atom stereocenters. The predicted molar refractivity (Wildman–Crippen MR) is 123 cm³/mol. The molecule has 1 amide bonds. The summed E-state index contributed by atoms with van der Waals surface area (Å²) in [5, 5.41) is 15.4. The first-order chi connectivity index (χ1) is 15.5. The van der Waals surface area contributed by atoms with Crippen molar-refractivity contribution < 1.29 is 24.2 Å². The van der Waals surface area contributed by atoms with Crippen LogP contribution in [0.15, 0.2) is 0 Å². The Morgan fingerprint density at radius 3 is 2.84 bits per heavy atom. The lowest BCUT2D eigenvalue weighted by molar-refractivity contribution is -0.192. The first-order valence-electron chi connectivity index (χ1n) is 12.9. The molecular formula is C25H44N2O5. The number of rotatable bonds is 11. The Bertz CT molecular complexity index is 629. The van der Waals surface area contributed by atoms with Gasteiger partial charge in [0.2, 0.25) is 5.91 Å². The first kappa shape index (κ1) is 25.4. The molecule has 2 N–H and O–H groups in total. The Balaban J connectivity index is 1.71. The van der Waals surface area contributed by atoms with Gasteiger partial charge in [0.15, 0.2) is 0 Å². The third-order valence-corrected chi connectivity index (χ3v) is 7.96. The minimum Gasteiger partial charge on any atom is -0.461 e. The van der Waals surface area contributed by atoms with Gasteiger partial charge in [0.05, 0.1) is 30.1 Å². The maximum Gasteiger partial charge on any atom is 0.309 e. The first-order valence-corrected chi connectivity index (χ1v) is 12.9. The topological polar surface area (TPSA) is 88.1 Å². The summed E-state index contributed by atoms with van der Waals surface area (Å²) in [6, 6.07) is 0. The lowest BCUT2D eigenvalue weighted by Gasteiger charge is -2.53. The average molecular weight is 453 g/mol. The monoisotopic (exact) mass is 452 g/mol. The van der Waals surface area contributed by atoms with Crippen LogP contribution in [0, 0.1) is 11.3 Å². The Hall–Kier alpha value is -1.18. The quantitative estimate of drug-likeness (QED) is 0.370. The molecule has 0 aromatic carbocycles. The molecule has 2 heterocycles. The van der Waals surface area contributed by atoms with E-state index >= 15 is 0 Å². The second kappa shape index (κ2) is 11.8.